The molecule has 1 rings (SSSR count). The average molecular weight is 266 g/mol. The summed E-state index contributed by atoms with van der Waals surface area (Å²) < 4.78 is 4.91. The van der Waals surface area contributed by atoms with E-state index in [1.807, 2.05) is 0 Å². The van der Waals surface area contributed by atoms with Crippen molar-refractivity contribution in [2.24, 2.45) is 0 Å². The number of aliphatic hydroxyl groups excluding tert-OH is 1. The first-order valence-electron chi connectivity index (χ1n) is 5.53. The fourth-order valence-electron chi connectivity index (χ4n) is 1.53. The third kappa shape index (κ3) is 3.87. The molecule has 19 heavy (non-hydrogen) atoms. The number of hydrogen-bond donors (Lipinski definition) is 1. The number of aliphatic hydroxyl groups is 1. The number of anilines is 1. The smallest absolute Gasteiger partial charge is 0.312 e. The number of ether oxygens (including phenoxy) is 1. The first-order chi connectivity index (χ1) is 9.13. The average Bonchev–Trinajstić information content (AvgIpc) is 2.42. The van der Waals surface area contributed by atoms with Gasteiger partial charge in [0.2, 0.25) is 5.82 Å². The zero-order valence-corrected chi connectivity index (χ0v) is 10.4. The van der Waals surface area contributed by atoms with Gasteiger partial charge in [-0.3, -0.25) is 10.1 Å². The molecular formula is C11H14N4O4. The third-order valence-electron chi connectivity index (χ3n) is 2.41. The van der Waals surface area contributed by atoms with Crippen molar-refractivity contribution in [3.05, 3.63) is 27.9 Å². The Kier molecular flexibility index (Phi) is 5.66. The van der Waals surface area contributed by atoms with Crippen LogP contribution in [0.15, 0.2) is 12.3 Å². The second-order valence-corrected chi connectivity index (χ2v) is 3.64. The van der Waals surface area contributed by atoms with Gasteiger partial charge in [0.1, 0.15) is 6.07 Å². The van der Waals surface area contributed by atoms with Gasteiger partial charge < -0.3 is 14.7 Å². The highest BCUT2D eigenvalue weighted by Crippen LogP contribution is 2.26. The molecule has 0 unspecified atom stereocenters. The molecule has 1 heterocycles. The van der Waals surface area contributed by atoms with Crippen molar-refractivity contribution >= 4 is 11.5 Å². The lowest BCUT2D eigenvalue weighted by Gasteiger charge is -2.21. The van der Waals surface area contributed by atoms with E-state index in [1.165, 1.54) is 19.4 Å². The molecule has 0 bridgehead atoms. The molecule has 0 aromatic carbocycles. The standard InChI is InChI=1S/C11H14N4O4/c1-19-5-3-14(2-4-16)11-10(15(17)18)6-9(7-12)8-13-11/h6,8,16H,2-5H2,1H3. The molecule has 0 spiro atoms. The number of aromatic nitrogens is 1. The summed E-state index contributed by atoms with van der Waals surface area (Å²) in [5.74, 6) is 0.120. The number of rotatable bonds is 7. The number of pyridine rings is 1. The third-order valence-corrected chi connectivity index (χ3v) is 2.41. The number of methoxy groups -OCH3 is 1. The molecule has 0 radical (unpaired) electrons. The summed E-state index contributed by atoms with van der Waals surface area (Å²) in [5, 5.41) is 28.7. The van der Waals surface area contributed by atoms with Crippen LogP contribution in [0.1, 0.15) is 5.56 Å². The van der Waals surface area contributed by atoms with Crippen LogP contribution in [0.25, 0.3) is 0 Å². The molecule has 8 heteroatoms. The molecule has 0 aliphatic carbocycles. The van der Waals surface area contributed by atoms with E-state index in [9.17, 15) is 10.1 Å². The van der Waals surface area contributed by atoms with Crippen LogP contribution in [0.3, 0.4) is 0 Å². The highest BCUT2D eigenvalue weighted by Gasteiger charge is 2.21. The Labute approximate surface area is 110 Å². The van der Waals surface area contributed by atoms with Crippen molar-refractivity contribution in [3.8, 4) is 6.07 Å². The zero-order chi connectivity index (χ0) is 14.3. The molecule has 0 saturated carbocycles. The number of nitro groups is 1. The van der Waals surface area contributed by atoms with Crippen molar-refractivity contribution in [1.29, 1.82) is 5.26 Å². The van der Waals surface area contributed by atoms with E-state index in [0.717, 1.165) is 0 Å². The highest BCUT2D eigenvalue weighted by atomic mass is 16.6. The predicted octanol–water partition coefficient (Wildman–Crippen LogP) is 0.307. The summed E-state index contributed by atoms with van der Waals surface area (Å²) in [6.45, 7) is 0.737. The van der Waals surface area contributed by atoms with E-state index in [-0.39, 0.29) is 30.2 Å². The van der Waals surface area contributed by atoms with Gasteiger partial charge in [-0.05, 0) is 0 Å². The maximum absolute atomic E-state index is 11.0. The van der Waals surface area contributed by atoms with E-state index in [0.29, 0.717) is 13.2 Å². The summed E-state index contributed by atoms with van der Waals surface area (Å²) in [6.07, 6.45) is 1.26. The van der Waals surface area contributed by atoms with Crippen LogP contribution < -0.4 is 4.90 Å². The van der Waals surface area contributed by atoms with Gasteiger partial charge in [0.15, 0.2) is 0 Å². The Morgan fingerprint density at radius 3 is 2.89 bits per heavy atom. The van der Waals surface area contributed by atoms with Gasteiger partial charge >= 0.3 is 5.69 Å². The summed E-state index contributed by atoms with van der Waals surface area (Å²) >= 11 is 0. The van der Waals surface area contributed by atoms with E-state index >= 15 is 0 Å². The zero-order valence-electron chi connectivity index (χ0n) is 10.4. The Hall–Kier alpha value is -2.24. The van der Waals surface area contributed by atoms with Crippen LogP contribution in [0.5, 0.6) is 0 Å². The van der Waals surface area contributed by atoms with Crippen molar-refractivity contribution in [3.63, 3.8) is 0 Å². The van der Waals surface area contributed by atoms with Gasteiger partial charge in [0, 0.05) is 32.5 Å². The molecule has 1 aromatic rings. The van der Waals surface area contributed by atoms with Gasteiger partial charge in [-0.15, -0.1) is 0 Å². The second kappa shape index (κ2) is 7.25. The van der Waals surface area contributed by atoms with Gasteiger partial charge in [0.25, 0.3) is 0 Å². The second-order valence-electron chi connectivity index (χ2n) is 3.64. The largest absolute Gasteiger partial charge is 0.395 e. The molecular weight excluding hydrogens is 252 g/mol. The SMILES string of the molecule is COCCN(CCO)c1ncc(C#N)cc1[N+](=O)[O-]. The first-order valence-corrected chi connectivity index (χ1v) is 5.53. The molecule has 0 saturated heterocycles. The van der Waals surface area contributed by atoms with Crippen LogP contribution in [-0.4, -0.2) is 48.4 Å². The fourth-order valence-corrected chi connectivity index (χ4v) is 1.53. The quantitative estimate of drug-likeness (QED) is 0.558. The molecule has 8 nitrogen and oxygen atoms in total. The number of nitriles is 1. The summed E-state index contributed by atoms with van der Waals surface area (Å²) in [7, 11) is 1.51. The lowest BCUT2D eigenvalue weighted by Crippen LogP contribution is -2.31. The van der Waals surface area contributed by atoms with Crippen molar-refractivity contribution in [1.82, 2.24) is 4.98 Å². The Morgan fingerprint density at radius 1 is 1.63 bits per heavy atom. The minimum Gasteiger partial charge on any atom is -0.395 e. The van der Waals surface area contributed by atoms with Crippen molar-refractivity contribution < 1.29 is 14.8 Å². The molecule has 1 N–H and O–H groups in total. The predicted molar refractivity (Wildman–Crippen MR) is 66.8 cm³/mol. The molecule has 0 aliphatic heterocycles. The minimum absolute atomic E-state index is 0.117. The molecule has 0 atom stereocenters. The number of nitrogens with zero attached hydrogens (tertiary/aromatic N) is 4. The van der Waals surface area contributed by atoms with E-state index in [1.54, 1.807) is 11.0 Å². The van der Waals surface area contributed by atoms with Crippen LogP contribution in [-0.2, 0) is 4.74 Å². The van der Waals surface area contributed by atoms with E-state index in [4.69, 9.17) is 15.1 Å². The first kappa shape index (κ1) is 14.8. The van der Waals surface area contributed by atoms with Crippen LogP contribution in [0, 0.1) is 21.4 Å². The van der Waals surface area contributed by atoms with Crippen LogP contribution in [0.2, 0.25) is 0 Å². The van der Waals surface area contributed by atoms with Crippen LogP contribution >= 0.6 is 0 Å². The van der Waals surface area contributed by atoms with Gasteiger partial charge in [-0.25, -0.2) is 4.98 Å². The van der Waals surface area contributed by atoms with Crippen LogP contribution in [0.4, 0.5) is 11.5 Å². The van der Waals surface area contributed by atoms with E-state index < -0.39 is 4.92 Å². The maximum Gasteiger partial charge on any atom is 0.312 e. The lowest BCUT2D eigenvalue weighted by atomic mass is 10.2. The monoisotopic (exact) mass is 266 g/mol. The molecule has 0 amide bonds. The fraction of sp³-hybridized carbons (Fsp3) is 0.455. The highest BCUT2D eigenvalue weighted by molar-refractivity contribution is 5.60. The van der Waals surface area contributed by atoms with Crippen molar-refractivity contribution in [2.45, 2.75) is 0 Å². The Bertz CT molecular complexity index is 486. The molecule has 102 valence electrons. The van der Waals surface area contributed by atoms with Gasteiger partial charge in [-0.2, -0.15) is 5.26 Å². The van der Waals surface area contributed by atoms with Crippen molar-refractivity contribution in [2.75, 3.05) is 38.3 Å². The van der Waals surface area contributed by atoms with E-state index in [2.05, 4.69) is 4.98 Å². The topological polar surface area (TPSA) is 113 Å². The minimum atomic E-state index is -0.597. The normalized spacial score (nSPS) is 9.95. The number of hydrogen-bond acceptors (Lipinski definition) is 7. The Balaban J connectivity index is 3.13. The molecule has 0 aliphatic rings. The summed E-state index contributed by atoms with van der Waals surface area (Å²) in [4.78, 5) is 15.9. The van der Waals surface area contributed by atoms with Gasteiger partial charge in [-0.1, -0.05) is 0 Å². The maximum atomic E-state index is 11.0. The van der Waals surface area contributed by atoms with Gasteiger partial charge in [0.05, 0.1) is 23.7 Å². The molecule has 0 fully saturated rings. The molecule has 1 aromatic heterocycles. The summed E-state index contributed by atoms with van der Waals surface area (Å²) in [6, 6.07) is 2.97. The Morgan fingerprint density at radius 2 is 2.37 bits per heavy atom. The lowest BCUT2D eigenvalue weighted by molar-refractivity contribution is -0.384. The summed E-state index contributed by atoms with van der Waals surface area (Å²) in [5.41, 5.74) is -0.144.